The van der Waals surface area contributed by atoms with Gasteiger partial charge in [0, 0.05) is 5.25 Å². The largest absolute Gasteiger partial charge is 0.295 e. The topological polar surface area (TPSA) is 20.3 Å². The first-order valence-corrected chi connectivity index (χ1v) is 4.84. The van der Waals surface area contributed by atoms with E-state index in [2.05, 4.69) is 19.1 Å². The van der Waals surface area contributed by atoms with Gasteiger partial charge in [-0.1, -0.05) is 12.2 Å². The maximum Gasteiger partial charge on any atom is 0.295 e. The van der Waals surface area contributed by atoms with Crippen molar-refractivity contribution >= 4 is 28.9 Å². The van der Waals surface area contributed by atoms with Crippen molar-refractivity contribution in [3.05, 3.63) is 12.2 Å². The van der Waals surface area contributed by atoms with Crippen LogP contribution in [0, 0.1) is 0 Å². The molecule has 0 aromatic carbocycles. The predicted octanol–water partition coefficient (Wildman–Crippen LogP) is 2.09. The Morgan fingerprint density at radius 3 is 3.00 bits per heavy atom. The molecule has 2 atom stereocenters. The zero-order valence-corrected chi connectivity index (χ0v) is 7.11. The fourth-order valence-corrected chi connectivity index (χ4v) is 2.90. The minimum absolute atomic E-state index is 0.200. The van der Waals surface area contributed by atoms with Crippen molar-refractivity contribution < 1.29 is 4.79 Å². The van der Waals surface area contributed by atoms with Gasteiger partial charge in [0.1, 0.15) is 5.37 Å². The standard InChI is InChI=1S/C6H7NOS2/c1-4-2-3-5-7(10-4)6(8)9-5/h2-5H,1H3/t4?,5-/m1/s1. The normalized spacial score (nSPS) is 37.3. The smallest absolute Gasteiger partial charge is 0.261 e. The number of hydrogen-bond acceptors (Lipinski definition) is 3. The van der Waals surface area contributed by atoms with Crippen LogP contribution in [0.3, 0.4) is 0 Å². The molecular formula is C6H7NOS2. The van der Waals surface area contributed by atoms with Gasteiger partial charge < -0.3 is 0 Å². The molecule has 4 heteroatoms. The molecule has 2 nitrogen and oxygen atoms in total. The van der Waals surface area contributed by atoms with E-state index in [4.69, 9.17) is 0 Å². The highest BCUT2D eigenvalue weighted by Gasteiger charge is 2.39. The summed E-state index contributed by atoms with van der Waals surface area (Å²) in [5, 5.41) is 0.987. The predicted molar refractivity (Wildman–Crippen MR) is 44.8 cm³/mol. The van der Waals surface area contributed by atoms with E-state index in [1.54, 1.807) is 11.9 Å². The van der Waals surface area contributed by atoms with Crippen LogP contribution in [0.2, 0.25) is 0 Å². The number of thioether (sulfide) groups is 1. The molecule has 1 amide bonds. The molecule has 0 spiro atoms. The Labute approximate surface area is 68.2 Å². The van der Waals surface area contributed by atoms with Crippen LogP contribution in [0.1, 0.15) is 6.92 Å². The number of nitrogens with zero attached hydrogens (tertiary/aromatic N) is 1. The third kappa shape index (κ3) is 0.864. The van der Waals surface area contributed by atoms with Crippen LogP contribution >= 0.6 is 23.7 Å². The lowest BCUT2D eigenvalue weighted by Gasteiger charge is -2.39. The number of carbonyl (C=O) groups excluding carboxylic acids is 1. The first-order valence-electron chi connectivity index (χ1n) is 3.12. The molecule has 1 unspecified atom stereocenters. The molecule has 0 saturated carbocycles. The molecule has 2 heterocycles. The summed E-state index contributed by atoms with van der Waals surface area (Å²) in [5.41, 5.74) is 0. The van der Waals surface area contributed by atoms with E-state index < -0.39 is 0 Å². The molecule has 54 valence electrons. The van der Waals surface area contributed by atoms with Gasteiger partial charge in [-0.2, -0.15) is 0 Å². The molecule has 1 fully saturated rings. The van der Waals surface area contributed by atoms with Gasteiger partial charge in [-0.3, -0.25) is 9.10 Å². The fourth-order valence-electron chi connectivity index (χ4n) is 0.944. The van der Waals surface area contributed by atoms with E-state index in [1.807, 2.05) is 4.31 Å². The Hall–Kier alpha value is -0.0900. The summed E-state index contributed by atoms with van der Waals surface area (Å²) >= 11 is 3.01. The van der Waals surface area contributed by atoms with E-state index in [1.165, 1.54) is 11.8 Å². The summed E-state index contributed by atoms with van der Waals surface area (Å²) in [5.74, 6) is 0. The number of amides is 1. The number of hydrogen-bond donors (Lipinski definition) is 0. The van der Waals surface area contributed by atoms with Crippen molar-refractivity contribution in [2.24, 2.45) is 0 Å². The molecule has 0 aromatic rings. The molecule has 0 aliphatic carbocycles. The van der Waals surface area contributed by atoms with Crippen LogP contribution in [0.4, 0.5) is 4.79 Å². The lowest BCUT2D eigenvalue weighted by molar-refractivity contribution is 0.243. The average molecular weight is 173 g/mol. The van der Waals surface area contributed by atoms with Gasteiger partial charge in [0.25, 0.3) is 5.24 Å². The molecular weight excluding hydrogens is 166 g/mol. The van der Waals surface area contributed by atoms with Crippen LogP contribution in [-0.2, 0) is 0 Å². The lowest BCUT2D eigenvalue weighted by Crippen LogP contribution is -2.43. The number of rotatable bonds is 0. The van der Waals surface area contributed by atoms with Crippen LogP contribution in [-0.4, -0.2) is 20.2 Å². The second-order valence-electron chi connectivity index (χ2n) is 2.30. The van der Waals surface area contributed by atoms with E-state index in [0.29, 0.717) is 10.6 Å². The van der Waals surface area contributed by atoms with Crippen molar-refractivity contribution in [1.29, 1.82) is 0 Å². The van der Waals surface area contributed by atoms with Crippen LogP contribution in [0.5, 0.6) is 0 Å². The van der Waals surface area contributed by atoms with Crippen LogP contribution in [0.15, 0.2) is 12.2 Å². The van der Waals surface area contributed by atoms with Crippen molar-refractivity contribution in [3.63, 3.8) is 0 Å². The third-order valence-corrected chi connectivity index (χ3v) is 3.83. The summed E-state index contributed by atoms with van der Waals surface area (Å²) < 4.78 is 1.83. The minimum atomic E-state index is 0.200. The Kier molecular flexibility index (Phi) is 1.46. The monoisotopic (exact) mass is 173 g/mol. The Balaban J connectivity index is 2.13. The summed E-state index contributed by atoms with van der Waals surface area (Å²) in [6.07, 6.45) is 4.23. The minimum Gasteiger partial charge on any atom is -0.261 e. The second kappa shape index (κ2) is 2.20. The van der Waals surface area contributed by atoms with Crippen LogP contribution in [0.25, 0.3) is 0 Å². The summed E-state index contributed by atoms with van der Waals surface area (Å²) in [6, 6.07) is 0. The SMILES string of the molecule is CC1C=C[C@H]2SC(=O)N2S1. The fraction of sp³-hybridized carbons (Fsp3) is 0.500. The molecule has 0 bridgehead atoms. The first-order chi connectivity index (χ1) is 4.77. The lowest BCUT2D eigenvalue weighted by atomic mass is 10.4. The molecule has 0 N–H and O–H groups in total. The second-order valence-corrected chi connectivity index (χ2v) is 4.71. The van der Waals surface area contributed by atoms with Gasteiger partial charge in [-0.05, 0) is 30.6 Å². The molecule has 2 aliphatic rings. The molecule has 0 aromatic heterocycles. The third-order valence-electron chi connectivity index (χ3n) is 1.46. The van der Waals surface area contributed by atoms with Gasteiger partial charge in [-0.15, -0.1) is 0 Å². The van der Waals surface area contributed by atoms with Gasteiger partial charge in [0.05, 0.1) is 0 Å². The Morgan fingerprint density at radius 1 is 1.60 bits per heavy atom. The van der Waals surface area contributed by atoms with E-state index in [-0.39, 0.29) is 5.24 Å². The van der Waals surface area contributed by atoms with Crippen molar-refractivity contribution in [2.75, 3.05) is 0 Å². The highest BCUT2D eigenvalue weighted by Crippen LogP contribution is 2.43. The van der Waals surface area contributed by atoms with Gasteiger partial charge in [0.15, 0.2) is 0 Å². The first kappa shape index (κ1) is 6.61. The van der Waals surface area contributed by atoms with E-state index in [0.717, 1.165) is 0 Å². The zero-order valence-electron chi connectivity index (χ0n) is 5.48. The van der Waals surface area contributed by atoms with Gasteiger partial charge >= 0.3 is 0 Å². The highest BCUT2D eigenvalue weighted by molar-refractivity contribution is 8.19. The van der Waals surface area contributed by atoms with E-state index in [9.17, 15) is 4.79 Å². The summed E-state index contributed by atoms with van der Waals surface area (Å²) in [4.78, 5) is 10.8. The number of carbonyl (C=O) groups is 1. The molecule has 2 rings (SSSR count). The number of fused-ring (bicyclic) bond motifs is 1. The van der Waals surface area contributed by atoms with Crippen molar-refractivity contribution in [1.82, 2.24) is 4.31 Å². The molecule has 2 aliphatic heterocycles. The molecule has 1 saturated heterocycles. The maximum absolute atomic E-state index is 10.8. The zero-order chi connectivity index (χ0) is 7.14. The Bertz CT molecular complexity index is 204. The van der Waals surface area contributed by atoms with E-state index >= 15 is 0 Å². The Morgan fingerprint density at radius 2 is 2.40 bits per heavy atom. The van der Waals surface area contributed by atoms with Crippen molar-refractivity contribution in [2.45, 2.75) is 17.5 Å². The van der Waals surface area contributed by atoms with Gasteiger partial charge in [0.2, 0.25) is 0 Å². The average Bonchev–Trinajstić information content (AvgIpc) is 1.92. The van der Waals surface area contributed by atoms with Crippen LogP contribution < -0.4 is 0 Å². The summed E-state index contributed by atoms with van der Waals surface area (Å²) in [6.45, 7) is 2.09. The van der Waals surface area contributed by atoms with Crippen molar-refractivity contribution in [3.8, 4) is 0 Å². The summed E-state index contributed by atoms with van der Waals surface area (Å²) in [7, 11) is 0. The highest BCUT2D eigenvalue weighted by atomic mass is 32.2. The van der Waals surface area contributed by atoms with Gasteiger partial charge in [-0.25, -0.2) is 0 Å². The molecule has 10 heavy (non-hydrogen) atoms. The maximum atomic E-state index is 10.8. The quantitative estimate of drug-likeness (QED) is 0.413. The molecule has 0 radical (unpaired) electrons.